The van der Waals surface area contributed by atoms with Crippen LogP contribution in [0.4, 0.5) is 32.0 Å². The fourth-order valence-corrected chi connectivity index (χ4v) is 4.10. The van der Waals surface area contributed by atoms with Crippen molar-refractivity contribution in [1.82, 2.24) is 0 Å². The molecular formula is C15H16ClF6NOS. The highest BCUT2D eigenvalue weighted by Crippen LogP contribution is 2.42. The van der Waals surface area contributed by atoms with Crippen molar-refractivity contribution in [2.75, 3.05) is 16.8 Å². The van der Waals surface area contributed by atoms with E-state index in [0.717, 1.165) is 6.07 Å². The number of nitrogens with one attached hydrogen (secondary N) is 1. The molecule has 2 unspecified atom stereocenters. The van der Waals surface area contributed by atoms with E-state index in [9.17, 15) is 31.4 Å². The van der Waals surface area contributed by atoms with Gasteiger partial charge in [0.2, 0.25) is 0 Å². The van der Waals surface area contributed by atoms with Gasteiger partial charge in [0.05, 0.1) is 28.0 Å². The van der Waals surface area contributed by atoms with E-state index >= 15 is 0 Å². The molecule has 1 aliphatic heterocycles. The molecule has 0 aromatic heterocycles. The molecule has 0 fully saturated rings. The number of aliphatic hydroxyl groups is 1. The second-order valence-corrected chi connectivity index (χ2v) is 7.35. The lowest BCUT2D eigenvalue weighted by Crippen LogP contribution is -2.48. The maximum absolute atomic E-state index is 12.9. The van der Waals surface area contributed by atoms with Crippen LogP contribution in [0.2, 0.25) is 5.02 Å². The largest absolute Gasteiger partial charge is 0.417 e. The molecule has 0 aliphatic carbocycles. The zero-order chi connectivity index (χ0) is 19.0. The highest BCUT2D eigenvalue weighted by Gasteiger charge is 2.42. The highest BCUT2D eigenvalue weighted by molar-refractivity contribution is 7.99. The minimum atomic E-state index is -4.62. The minimum Gasteiger partial charge on any atom is -0.387 e. The number of halogens is 7. The Hall–Kier alpha value is -0.800. The molecule has 0 amide bonds. The number of anilines is 1. The number of hydrogen-bond donors (Lipinski definition) is 2. The van der Waals surface area contributed by atoms with Crippen molar-refractivity contribution in [2.24, 2.45) is 0 Å². The Labute approximate surface area is 149 Å². The Kier molecular flexibility index (Phi) is 5.80. The van der Waals surface area contributed by atoms with E-state index in [1.165, 1.54) is 6.07 Å². The summed E-state index contributed by atoms with van der Waals surface area (Å²) in [6.07, 6.45) is -8.62. The summed E-state index contributed by atoms with van der Waals surface area (Å²) in [5.74, 6) is -1.28. The second kappa shape index (κ2) is 7.08. The molecule has 2 atom stereocenters. The van der Waals surface area contributed by atoms with Gasteiger partial charge in [-0.3, -0.25) is 0 Å². The highest BCUT2D eigenvalue weighted by atomic mass is 35.5. The topological polar surface area (TPSA) is 32.3 Å². The lowest BCUT2D eigenvalue weighted by atomic mass is 9.91. The second-order valence-electron chi connectivity index (χ2n) is 5.95. The lowest BCUT2D eigenvalue weighted by Gasteiger charge is -2.33. The molecule has 1 heterocycles. The first-order valence-electron chi connectivity index (χ1n) is 7.39. The maximum atomic E-state index is 12.9. The van der Waals surface area contributed by atoms with E-state index in [-0.39, 0.29) is 24.3 Å². The van der Waals surface area contributed by atoms with Gasteiger partial charge in [0, 0.05) is 11.4 Å². The van der Waals surface area contributed by atoms with Gasteiger partial charge in [-0.2, -0.15) is 26.3 Å². The number of rotatable bonds is 5. The van der Waals surface area contributed by atoms with Crippen molar-refractivity contribution in [3.05, 3.63) is 28.3 Å². The summed E-state index contributed by atoms with van der Waals surface area (Å²) in [6.45, 7) is 1.62. The fourth-order valence-electron chi connectivity index (χ4n) is 2.71. The Balaban J connectivity index is 2.16. The monoisotopic (exact) mass is 407 g/mol. The van der Waals surface area contributed by atoms with Gasteiger partial charge in [0.1, 0.15) is 0 Å². The number of fused-ring (bicyclic) bond motifs is 1. The number of hydrogen-bond acceptors (Lipinski definition) is 3. The predicted octanol–water partition coefficient (Wildman–Crippen LogP) is 5.13. The molecule has 0 saturated heterocycles. The molecule has 0 bridgehead atoms. The van der Waals surface area contributed by atoms with Crippen molar-refractivity contribution < 1.29 is 31.4 Å². The maximum Gasteiger partial charge on any atom is 0.417 e. The normalized spacial score (nSPS) is 20.1. The smallest absolute Gasteiger partial charge is 0.387 e. The molecule has 0 radical (unpaired) electrons. The van der Waals surface area contributed by atoms with Crippen LogP contribution in [0.5, 0.6) is 0 Å². The Morgan fingerprint density at radius 2 is 1.84 bits per heavy atom. The summed E-state index contributed by atoms with van der Waals surface area (Å²) in [5.41, 5.74) is -1.79. The van der Waals surface area contributed by atoms with E-state index in [1.807, 2.05) is 0 Å². The van der Waals surface area contributed by atoms with Gasteiger partial charge in [0.25, 0.3) is 0 Å². The van der Waals surface area contributed by atoms with Crippen molar-refractivity contribution in [3.63, 3.8) is 0 Å². The summed E-state index contributed by atoms with van der Waals surface area (Å²) >= 11 is 6.23. The summed E-state index contributed by atoms with van der Waals surface area (Å²) < 4.78 is 75.6. The Bertz CT molecular complexity index is 636. The van der Waals surface area contributed by atoms with Crippen LogP contribution < -0.4 is 5.32 Å². The van der Waals surface area contributed by atoms with Crippen LogP contribution in [-0.2, 0) is 12.6 Å². The molecule has 1 aliphatic rings. The van der Waals surface area contributed by atoms with Crippen LogP contribution >= 0.6 is 23.4 Å². The molecular weight excluding hydrogens is 392 g/mol. The molecule has 0 spiro atoms. The van der Waals surface area contributed by atoms with Gasteiger partial charge < -0.3 is 10.4 Å². The quantitative estimate of drug-likeness (QED) is 0.663. The molecule has 2 rings (SSSR count). The number of alkyl halides is 6. The summed E-state index contributed by atoms with van der Waals surface area (Å²) in [6, 6.07) is 1.37. The van der Waals surface area contributed by atoms with Crippen molar-refractivity contribution >= 4 is 29.1 Å². The standard InChI is InChI=1S/C15H16ClF6NOS/c1-2-13(24,6-25-7-14(17,18)19)12-4-8-3-10(16)9(15(20,21)22)5-11(8)23-12/h3,5,12,23-24H,2,4,6-7H2,1H3. The van der Waals surface area contributed by atoms with Crippen LogP contribution in [0.15, 0.2) is 12.1 Å². The van der Waals surface area contributed by atoms with Gasteiger partial charge in [-0.1, -0.05) is 18.5 Å². The number of benzene rings is 1. The average Bonchev–Trinajstić information content (AvgIpc) is 2.87. The van der Waals surface area contributed by atoms with Crippen LogP contribution in [-0.4, -0.2) is 34.4 Å². The Morgan fingerprint density at radius 3 is 2.36 bits per heavy atom. The molecule has 1 aromatic carbocycles. The van der Waals surface area contributed by atoms with Gasteiger partial charge in [-0.05, 0) is 30.5 Å². The van der Waals surface area contributed by atoms with Crippen molar-refractivity contribution in [3.8, 4) is 0 Å². The SMILES string of the molecule is CCC(O)(CSCC(F)(F)F)C1Cc2cc(Cl)c(C(F)(F)F)cc2N1. The van der Waals surface area contributed by atoms with Gasteiger partial charge >= 0.3 is 12.4 Å². The van der Waals surface area contributed by atoms with E-state index in [0.29, 0.717) is 17.3 Å². The van der Waals surface area contributed by atoms with E-state index in [4.69, 9.17) is 11.6 Å². The first-order valence-corrected chi connectivity index (χ1v) is 8.92. The summed E-state index contributed by atoms with van der Waals surface area (Å²) in [4.78, 5) is 0. The lowest BCUT2D eigenvalue weighted by molar-refractivity contribution is -0.137. The molecule has 25 heavy (non-hydrogen) atoms. The predicted molar refractivity (Wildman–Crippen MR) is 86.2 cm³/mol. The molecule has 0 saturated carbocycles. The molecule has 142 valence electrons. The first-order chi connectivity index (χ1) is 11.4. The van der Waals surface area contributed by atoms with Crippen LogP contribution in [0.25, 0.3) is 0 Å². The third-order valence-electron chi connectivity index (χ3n) is 4.13. The summed E-state index contributed by atoms with van der Waals surface area (Å²) in [5, 5.41) is 13.0. The third-order valence-corrected chi connectivity index (χ3v) is 5.68. The molecule has 2 N–H and O–H groups in total. The van der Waals surface area contributed by atoms with E-state index in [2.05, 4.69) is 5.32 Å². The molecule has 1 aromatic rings. The number of thioether (sulfide) groups is 1. The zero-order valence-corrected chi connectivity index (χ0v) is 14.6. The zero-order valence-electron chi connectivity index (χ0n) is 13.1. The molecule has 2 nitrogen and oxygen atoms in total. The van der Waals surface area contributed by atoms with Gasteiger partial charge in [0.15, 0.2) is 0 Å². The summed E-state index contributed by atoms with van der Waals surface area (Å²) in [7, 11) is 0. The first kappa shape index (κ1) is 20.5. The molecule has 10 heteroatoms. The van der Waals surface area contributed by atoms with Crippen molar-refractivity contribution in [1.29, 1.82) is 0 Å². The average molecular weight is 408 g/mol. The third kappa shape index (κ3) is 4.89. The Morgan fingerprint density at radius 1 is 1.20 bits per heavy atom. The minimum absolute atomic E-state index is 0.156. The van der Waals surface area contributed by atoms with Crippen LogP contribution in [0.1, 0.15) is 24.5 Å². The van der Waals surface area contributed by atoms with Crippen LogP contribution in [0, 0.1) is 0 Å². The van der Waals surface area contributed by atoms with Gasteiger partial charge in [-0.15, -0.1) is 11.8 Å². The van der Waals surface area contributed by atoms with Crippen molar-refractivity contribution in [2.45, 2.75) is 43.8 Å². The van der Waals surface area contributed by atoms with Crippen LogP contribution in [0.3, 0.4) is 0 Å². The van der Waals surface area contributed by atoms with Gasteiger partial charge in [-0.25, -0.2) is 0 Å². The van der Waals surface area contributed by atoms with E-state index < -0.39 is 40.3 Å². The van der Waals surface area contributed by atoms with E-state index in [1.54, 1.807) is 6.92 Å². The fraction of sp³-hybridized carbons (Fsp3) is 0.600.